The van der Waals surface area contributed by atoms with Crippen LogP contribution in [-0.2, 0) is 10.3 Å². The summed E-state index contributed by atoms with van der Waals surface area (Å²) in [6.45, 7) is 0. The lowest BCUT2D eigenvalue weighted by atomic mass is 10.2. The van der Waals surface area contributed by atoms with Crippen LogP contribution in [0.4, 0.5) is 0 Å². The van der Waals surface area contributed by atoms with Crippen LogP contribution in [0.25, 0.3) is 0 Å². The topological polar surface area (TPSA) is 29.1 Å². The first-order chi connectivity index (χ1) is 6.66. The molecular weight excluding hydrogens is 286 g/mol. The van der Waals surface area contributed by atoms with Crippen LogP contribution in [0.3, 0.4) is 0 Å². The summed E-state index contributed by atoms with van der Waals surface area (Å²) in [6.07, 6.45) is 2.03. The normalized spacial score (nSPS) is 17.9. The minimum Gasteiger partial charge on any atom is -0.345 e. The Morgan fingerprint density at radius 1 is 1.64 bits per heavy atom. The summed E-state index contributed by atoms with van der Waals surface area (Å²) in [6, 6.07) is 4.06. The lowest BCUT2D eigenvalue weighted by molar-refractivity contribution is -0.119. The maximum Gasteiger partial charge on any atom is 0.235 e. The molecule has 0 bridgehead atoms. The van der Waals surface area contributed by atoms with Crippen molar-refractivity contribution in [3.8, 4) is 0 Å². The van der Waals surface area contributed by atoms with Crippen molar-refractivity contribution in [3.63, 3.8) is 0 Å². The second-order valence-electron chi connectivity index (χ2n) is 3.37. The zero-order valence-corrected chi connectivity index (χ0v) is 10.5. The number of hydrogen-bond donors (Lipinski definition) is 1. The van der Waals surface area contributed by atoms with Gasteiger partial charge >= 0.3 is 0 Å². The van der Waals surface area contributed by atoms with Gasteiger partial charge < -0.3 is 5.32 Å². The van der Waals surface area contributed by atoms with E-state index in [1.165, 1.54) is 4.88 Å². The molecule has 0 aliphatic heterocycles. The maximum atomic E-state index is 11.2. The number of rotatable bonds is 3. The molecule has 1 aliphatic carbocycles. The van der Waals surface area contributed by atoms with Gasteiger partial charge in [0.15, 0.2) is 0 Å². The van der Waals surface area contributed by atoms with Crippen LogP contribution >= 0.6 is 38.9 Å². The maximum absolute atomic E-state index is 11.2. The molecule has 14 heavy (non-hydrogen) atoms. The number of amides is 1. The Bertz CT molecular complexity index is 361. The molecule has 0 aromatic carbocycles. The summed E-state index contributed by atoms with van der Waals surface area (Å²) in [5.74, 6) is -0.0532. The number of thiophene rings is 1. The number of nitrogens with one attached hydrogen (secondary N) is 1. The number of carbonyl (C=O) groups excluding carboxylic acids is 1. The molecule has 1 N–H and O–H groups in total. The van der Waals surface area contributed by atoms with Crippen molar-refractivity contribution in [2.75, 3.05) is 5.88 Å². The van der Waals surface area contributed by atoms with Gasteiger partial charge in [0.1, 0.15) is 5.88 Å². The monoisotopic (exact) mass is 293 g/mol. The summed E-state index contributed by atoms with van der Waals surface area (Å²) in [7, 11) is 0. The second-order valence-corrected chi connectivity index (χ2v) is 6.10. The molecule has 1 aliphatic rings. The molecule has 1 aromatic heterocycles. The van der Waals surface area contributed by atoms with Gasteiger partial charge in [-0.15, -0.1) is 22.9 Å². The van der Waals surface area contributed by atoms with Crippen molar-refractivity contribution in [3.05, 3.63) is 20.8 Å². The molecule has 5 heteroatoms. The van der Waals surface area contributed by atoms with Gasteiger partial charge in [0.05, 0.1) is 9.33 Å². The van der Waals surface area contributed by atoms with Crippen molar-refractivity contribution in [1.29, 1.82) is 0 Å². The lowest BCUT2D eigenvalue weighted by Crippen LogP contribution is -2.34. The zero-order chi connectivity index (χ0) is 10.2. The zero-order valence-electron chi connectivity index (χ0n) is 7.35. The molecule has 1 amide bonds. The van der Waals surface area contributed by atoms with Crippen molar-refractivity contribution in [1.82, 2.24) is 5.32 Å². The molecule has 0 spiro atoms. The molecular formula is C9H9BrClNOS. The fourth-order valence-electron chi connectivity index (χ4n) is 1.43. The Hall–Kier alpha value is -0.0600. The van der Waals surface area contributed by atoms with Crippen LogP contribution in [0.2, 0.25) is 0 Å². The third-order valence-electron chi connectivity index (χ3n) is 2.29. The number of halogens is 2. The van der Waals surface area contributed by atoms with Crippen molar-refractivity contribution in [2.45, 2.75) is 18.4 Å². The minimum atomic E-state index is -0.108. The van der Waals surface area contributed by atoms with E-state index in [1.54, 1.807) is 11.3 Å². The number of alkyl halides is 1. The average Bonchev–Trinajstić information content (AvgIpc) is 2.81. The number of hydrogen-bond acceptors (Lipinski definition) is 2. The highest BCUT2D eigenvalue weighted by Crippen LogP contribution is 2.48. The summed E-state index contributed by atoms with van der Waals surface area (Å²) >= 11 is 10.5. The SMILES string of the molecule is O=C(CCl)NC1(c2ccc(Br)s2)CC1. The molecule has 2 rings (SSSR count). The third-order valence-corrected chi connectivity index (χ3v) is 4.37. The smallest absolute Gasteiger partial charge is 0.235 e. The molecule has 0 unspecified atom stereocenters. The largest absolute Gasteiger partial charge is 0.345 e. The molecule has 2 nitrogen and oxygen atoms in total. The average molecular weight is 295 g/mol. The fraction of sp³-hybridized carbons (Fsp3) is 0.444. The Morgan fingerprint density at radius 2 is 2.36 bits per heavy atom. The highest BCUT2D eigenvalue weighted by molar-refractivity contribution is 9.11. The summed E-state index contributed by atoms with van der Waals surface area (Å²) < 4.78 is 1.10. The fourth-order valence-corrected chi connectivity index (χ4v) is 3.08. The van der Waals surface area contributed by atoms with E-state index in [4.69, 9.17) is 11.6 Å². The van der Waals surface area contributed by atoms with Crippen molar-refractivity contribution < 1.29 is 4.79 Å². The van der Waals surface area contributed by atoms with Gasteiger partial charge in [-0.25, -0.2) is 0 Å². The van der Waals surface area contributed by atoms with E-state index in [2.05, 4.69) is 27.3 Å². The van der Waals surface area contributed by atoms with E-state index < -0.39 is 0 Å². The van der Waals surface area contributed by atoms with E-state index >= 15 is 0 Å². The molecule has 0 radical (unpaired) electrons. The van der Waals surface area contributed by atoms with Gasteiger partial charge in [-0.05, 0) is 40.9 Å². The van der Waals surface area contributed by atoms with Crippen LogP contribution in [0.5, 0.6) is 0 Å². The first kappa shape index (κ1) is 10.5. The molecule has 1 heterocycles. The van der Waals surface area contributed by atoms with Crippen LogP contribution in [0.15, 0.2) is 15.9 Å². The molecule has 1 saturated carbocycles. The van der Waals surface area contributed by atoms with Gasteiger partial charge in [-0.2, -0.15) is 0 Å². The summed E-state index contributed by atoms with van der Waals surface area (Å²) in [4.78, 5) is 12.4. The molecule has 1 aromatic rings. The highest BCUT2D eigenvalue weighted by atomic mass is 79.9. The van der Waals surface area contributed by atoms with E-state index in [1.807, 2.05) is 6.07 Å². The van der Waals surface area contributed by atoms with E-state index in [9.17, 15) is 4.79 Å². The molecule has 1 fully saturated rings. The number of carbonyl (C=O) groups is 1. The standard InChI is InChI=1S/C9H9BrClNOS/c10-7-2-1-6(14-7)9(3-4-9)12-8(13)5-11/h1-2H,3-5H2,(H,12,13). The first-order valence-corrected chi connectivity index (χ1v) is 6.43. The Kier molecular flexibility index (Phi) is 2.86. The Morgan fingerprint density at radius 3 is 2.79 bits per heavy atom. The predicted octanol–water partition coefficient (Wildman–Crippen LogP) is 2.85. The van der Waals surface area contributed by atoms with Crippen LogP contribution in [0.1, 0.15) is 17.7 Å². The van der Waals surface area contributed by atoms with E-state index in [0.29, 0.717) is 0 Å². The van der Waals surface area contributed by atoms with Gasteiger partial charge in [0.2, 0.25) is 5.91 Å². The predicted molar refractivity (Wildman–Crippen MR) is 61.8 cm³/mol. The Labute approximate surface area is 99.8 Å². The quantitative estimate of drug-likeness (QED) is 0.853. The van der Waals surface area contributed by atoms with Gasteiger partial charge in [-0.3, -0.25) is 4.79 Å². The van der Waals surface area contributed by atoms with Gasteiger partial charge in [0, 0.05) is 4.88 Å². The Balaban J connectivity index is 2.13. The van der Waals surface area contributed by atoms with Crippen molar-refractivity contribution >= 4 is 44.8 Å². The van der Waals surface area contributed by atoms with Gasteiger partial charge in [0.25, 0.3) is 0 Å². The summed E-state index contributed by atoms with van der Waals surface area (Å²) in [5.41, 5.74) is -0.108. The molecule has 0 atom stereocenters. The molecule has 0 saturated heterocycles. The molecule has 76 valence electrons. The van der Waals surface area contributed by atoms with Crippen LogP contribution < -0.4 is 5.32 Å². The second kappa shape index (κ2) is 3.83. The van der Waals surface area contributed by atoms with E-state index in [0.717, 1.165) is 16.6 Å². The summed E-state index contributed by atoms with van der Waals surface area (Å²) in [5, 5.41) is 2.97. The van der Waals surface area contributed by atoms with Crippen LogP contribution in [-0.4, -0.2) is 11.8 Å². The first-order valence-electron chi connectivity index (χ1n) is 4.29. The highest BCUT2D eigenvalue weighted by Gasteiger charge is 2.46. The van der Waals surface area contributed by atoms with Crippen LogP contribution in [0, 0.1) is 0 Å². The minimum absolute atomic E-state index is 0.0360. The third kappa shape index (κ3) is 1.97. The van der Waals surface area contributed by atoms with E-state index in [-0.39, 0.29) is 17.3 Å². The lowest BCUT2D eigenvalue weighted by Gasteiger charge is -2.14. The van der Waals surface area contributed by atoms with Gasteiger partial charge in [-0.1, -0.05) is 0 Å². The van der Waals surface area contributed by atoms with Crippen molar-refractivity contribution in [2.24, 2.45) is 0 Å².